The molecule has 0 bridgehead atoms. The van der Waals surface area contributed by atoms with Crippen LogP contribution in [0.3, 0.4) is 0 Å². The van der Waals surface area contributed by atoms with Gasteiger partial charge in [-0.25, -0.2) is 0 Å². The second-order valence-electron chi connectivity index (χ2n) is 5.69. The lowest BCUT2D eigenvalue weighted by molar-refractivity contribution is 0.153. The van der Waals surface area contributed by atoms with Gasteiger partial charge >= 0.3 is 0 Å². The van der Waals surface area contributed by atoms with Gasteiger partial charge in [0.1, 0.15) is 5.75 Å². The third-order valence-corrected chi connectivity index (χ3v) is 3.98. The van der Waals surface area contributed by atoms with Crippen molar-refractivity contribution >= 4 is 29.9 Å². The summed E-state index contributed by atoms with van der Waals surface area (Å²) in [7, 11) is 1.71. The van der Waals surface area contributed by atoms with Gasteiger partial charge in [0, 0.05) is 19.6 Å². The Morgan fingerprint density at radius 2 is 2.08 bits per heavy atom. The maximum atomic E-state index is 5.39. The molecule has 1 aliphatic rings. The van der Waals surface area contributed by atoms with Gasteiger partial charge in [0.25, 0.3) is 0 Å². The summed E-state index contributed by atoms with van der Waals surface area (Å²) in [6.45, 7) is 6.16. The molecule has 2 rings (SSSR count). The van der Waals surface area contributed by atoms with E-state index in [0.29, 0.717) is 0 Å². The minimum atomic E-state index is 0. The number of nitrogens with zero attached hydrogens (tertiary/aromatic N) is 1. The Kier molecular flexibility index (Phi) is 11.3. The predicted molar refractivity (Wildman–Crippen MR) is 114 cm³/mol. The molecule has 0 aromatic heterocycles. The van der Waals surface area contributed by atoms with E-state index in [1.807, 2.05) is 18.2 Å². The highest BCUT2D eigenvalue weighted by atomic mass is 127. The number of hydrogen-bond acceptors (Lipinski definition) is 3. The number of halogens is 1. The number of rotatable bonds is 8. The predicted octanol–water partition coefficient (Wildman–Crippen LogP) is 3.15. The average molecular weight is 459 g/mol. The second kappa shape index (κ2) is 13.0. The summed E-state index contributed by atoms with van der Waals surface area (Å²) in [6, 6.07) is 8.10. The largest absolute Gasteiger partial charge is 0.496 e. The number of guanidine groups is 1. The first kappa shape index (κ1) is 21.8. The van der Waals surface area contributed by atoms with Gasteiger partial charge in [0.15, 0.2) is 5.96 Å². The van der Waals surface area contributed by atoms with E-state index in [-0.39, 0.29) is 24.0 Å². The molecule has 5 nitrogen and oxygen atoms in total. The van der Waals surface area contributed by atoms with Crippen molar-refractivity contribution in [2.45, 2.75) is 26.2 Å². The minimum absolute atomic E-state index is 0. The monoisotopic (exact) mass is 459 g/mol. The molecule has 2 N–H and O–H groups in total. The summed E-state index contributed by atoms with van der Waals surface area (Å²) in [4.78, 5) is 4.66. The average Bonchev–Trinajstić information content (AvgIpc) is 2.63. The molecule has 0 atom stereocenters. The maximum absolute atomic E-state index is 5.39. The molecule has 1 aliphatic heterocycles. The van der Waals surface area contributed by atoms with Crippen LogP contribution in [-0.4, -0.2) is 45.9 Å². The van der Waals surface area contributed by atoms with Crippen molar-refractivity contribution in [2.75, 3.05) is 40.0 Å². The highest BCUT2D eigenvalue weighted by molar-refractivity contribution is 14.0. The van der Waals surface area contributed by atoms with Gasteiger partial charge in [-0.15, -0.1) is 24.0 Å². The molecule has 0 saturated heterocycles. The minimum Gasteiger partial charge on any atom is -0.496 e. The topological polar surface area (TPSA) is 54.9 Å². The van der Waals surface area contributed by atoms with Crippen LogP contribution in [0.4, 0.5) is 0 Å². The van der Waals surface area contributed by atoms with Gasteiger partial charge in [-0.3, -0.25) is 4.99 Å². The second-order valence-corrected chi connectivity index (χ2v) is 5.69. The van der Waals surface area contributed by atoms with Crippen LogP contribution in [0, 0.1) is 0 Å². The lowest BCUT2D eigenvalue weighted by Crippen LogP contribution is -2.38. The van der Waals surface area contributed by atoms with E-state index in [4.69, 9.17) is 9.47 Å². The molecule has 0 spiro atoms. The zero-order valence-corrected chi connectivity index (χ0v) is 17.5. The van der Waals surface area contributed by atoms with Gasteiger partial charge in [-0.2, -0.15) is 0 Å². The number of methoxy groups -OCH3 is 1. The maximum Gasteiger partial charge on any atom is 0.191 e. The zero-order chi connectivity index (χ0) is 17.0. The van der Waals surface area contributed by atoms with Crippen molar-refractivity contribution in [3.05, 3.63) is 41.5 Å². The molecule has 0 amide bonds. The van der Waals surface area contributed by atoms with Crippen LogP contribution in [0.15, 0.2) is 40.9 Å². The van der Waals surface area contributed by atoms with Gasteiger partial charge in [-0.1, -0.05) is 29.8 Å². The van der Waals surface area contributed by atoms with Crippen molar-refractivity contribution in [3.63, 3.8) is 0 Å². The van der Waals surface area contributed by atoms with Gasteiger partial charge in [-0.05, 0) is 37.8 Å². The van der Waals surface area contributed by atoms with Crippen LogP contribution in [-0.2, 0) is 11.2 Å². The molecule has 0 fully saturated rings. The van der Waals surface area contributed by atoms with E-state index >= 15 is 0 Å². The summed E-state index contributed by atoms with van der Waals surface area (Å²) >= 11 is 0. The van der Waals surface area contributed by atoms with Gasteiger partial charge in [0.2, 0.25) is 0 Å². The summed E-state index contributed by atoms with van der Waals surface area (Å²) in [5.41, 5.74) is 2.66. The first-order valence-electron chi connectivity index (χ1n) is 8.73. The van der Waals surface area contributed by atoms with E-state index in [0.717, 1.165) is 63.8 Å². The zero-order valence-electron chi connectivity index (χ0n) is 15.2. The lowest BCUT2D eigenvalue weighted by atomic mass is 10.1. The third-order valence-electron chi connectivity index (χ3n) is 3.98. The highest BCUT2D eigenvalue weighted by Gasteiger charge is 2.05. The van der Waals surface area contributed by atoms with Crippen LogP contribution in [0.1, 0.15) is 25.3 Å². The highest BCUT2D eigenvalue weighted by Crippen LogP contribution is 2.17. The summed E-state index contributed by atoms with van der Waals surface area (Å²) in [6.07, 6.45) is 5.14. The van der Waals surface area contributed by atoms with E-state index in [9.17, 15) is 0 Å². The summed E-state index contributed by atoms with van der Waals surface area (Å²) in [5.74, 6) is 1.80. The van der Waals surface area contributed by atoms with Crippen LogP contribution in [0.25, 0.3) is 0 Å². The van der Waals surface area contributed by atoms with Gasteiger partial charge in [0.05, 0.1) is 20.3 Å². The van der Waals surface area contributed by atoms with E-state index in [1.165, 1.54) is 11.1 Å². The Hall–Kier alpha value is -1.28. The number of benzene rings is 1. The van der Waals surface area contributed by atoms with Crippen LogP contribution >= 0.6 is 24.0 Å². The quantitative estimate of drug-likeness (QED) is 0.272. The first-order valence-corrected chi connectivity index (χ1v) is 8.73. The van der Waals surface area contributed by atoms with E-state index < -0.39 is 0 Å². The smallest absolute Gasteiger partial charge is 0.191 e. The molecule has 0 aliphatic carbocycles. The SMILES string of the molecule is CCNC(=NCCc1ccccc1OC)NCCC1=CCOCC1.I. The molecular formula is C19H30IN3O2. The molecular weight excluding hydrogens is 429 g/mol. The molecule has 6 heteroatoms. The lowest BCUT2D eigenvalue weighted by Gasteiger charge is -2.15. The van der Waals surface area contributed by atoms with Crippen molar-refractivity contribution in [1.29, 1.82) is 0 Å². The van der Waals surface area contributed by atoms with Crippen molar-refractivity contribution in [1.82, 2.24) is 10.6 Å². The molecule has 0 saturated carbocycles. The molecule has 1 heterocycles. The molecule has 1 aromatic rings. The molecule has 0 unspecified atom stereocenters. The molecule has 1 aromatic carbocycles. The Labute approximate surface area is 168 Å². The molecule has 25 heavy (non-hydrogen) atoms. The Morgan fingerprint density at radius 1 is 1.24 bits per heavy atom. The summed E-state index contributed by atoms with van der Waals surface area (Å²) in [5, 5.41) is 6.71. The Balaban J connectivity index is 0.00000312. The number of para-hydroxylation sites is 1. The standard InChI is InChI=1S/C19H29N3O2.HI/c1-3-20-19(21-12-8-16-10-14-24-15-11-16)22-13-9-17-6-4-5-7-18(17)23-2;/h4-7,10H,3,8-9,11-15H2,1-2H3,(H2,20,21,22);1H. The summed E-state index contributed by atoms with van der Waals surface area (Å²) < 4.78 is 10.7. The Bertz CT molecular complexity index is 561. The van der Waals surface area contributed by atoms with Gasteiger partial charge < -0.3 is 20.1 Å². The fourth-order valence-corrected chi connectivity index (χ4v) is 2.67. The number of hydrogen-bond donors (Lipinski definition) is 2. The van der Waals surface area contributed by atoms with Crippen molar-refractivity contribution in [2.24, 2.45) is 4.99 Å². The van der Waals surface area contributed by atoms with Crippen LogP contribution in [0.5, 0.6) is 5.75 Å². The van der Waals surface area contributed by atoms with Crippen molar-refractivity contribution < 1.29 is 9.47 Å². The van der Waals surface area contributed by atoms with E-state index in [1.54, 1.807) is 7.11 Å². The molecule has 0 radical (unpaired) electrons. The fraction of sp³-hybridized carbons (Fsp3) is 0.526. The number of aliphatic imine (C=N–C) groups is 1. The third kappa shape index (κ3) is 8.09. The van der Waals surface area contributed by atoms with Crippen LogP contribution < -0.4 is 15.4 Å². The van der Waals surface area contributed by atoms with Crippen molar-refractivity contribution in [3.8, 4) is 5.75 Å². The number of nitrogens with one attached hydrogen (secondary N) is 2. The fourth-order valence-electron chi connectivity index (χ4n) is 2.67. The van der Waals surface area contributed by atoms with Crippen LogP contribution in [0.2, 0.25) is 0 Å². The number of ether oxygens (including phenoxy) is 2. The first-order chi connectivity index (χ1) is 11.8. The molecule has 140 valence electrons. The van der Waals surface area contributed by atoms with E-state index in [2.05, 4.69) is 34.7 Å². The Morgan fingerprint density at radius 3 is 2.80 bits per heavy atom. The normalized spacial score (nSPS) is 14.3.